The van der Waals surface area contributed by atoms with Crippen molar-refractivity contribution in [2.75, 3.05) is 0 Å². The van der Waals surface area contributed by atoms with Crippen LogP contribution in [0, 0.1) is 0 Å². The molecule has 0 atom stereocenters. The van der Waals surface area contributed by atoms with Crippen molar-refractivity contribution in [2.24, 2.45) is 0 Å². The van der Waals surface area contributed by atoms with Crippen molar-refractivity contribution in [3.05, 3.63) is 51.1 Å². The van der Waals surface area contributed by atoms with E-state index >= 15 is 0 Å². The first-order valence-electron chi connectivity index (χ1n) is 5.48. The number of benzene rings is 2. The quantitative estimate of drug-likeness (QED) is 0.140. The number of ether oxygens (including phenoxy) is 2. The van der Waals surface area contributed by atoms with Crippen LogP contribution < -0.4 is 9.47 Å². The van der Waals surface area contributed by atoms with E-state index in [1.54, 1.807) is 18.2 Å². The van der Waals surface area contributed by atoms with Crippen LogP contribution in [0.5, 0.6) is 11.5 Å². The zero-order valence-corrected chi connectivity index (χ0v) is 19.8. The lowest BCUT2D eigenvalue weighted by Gasteiger charge is -2.13. The van der Waals surface area contributed by atoms with Gasteiger partial charge in [0, 0.05) is 4.47 Å². The second-order valence-electron chi connectivity index (χ2n) is 3.78. The summed E-state index contributed by atoms with van der Waals surface area (Å²) in [6.07, 6.45) is -0.852. The summed E-state index contributed by atoms with van der Waals surface area (Å²) in [6, 6.07) is 6.99. The van der Waals surface area contributed by atoms with Gasteiger partial charge in [0.2, 0.25) is 0 Å². The molecule has 0 aliphatic heterocycles. The molecule has 3 nitrogen and oxygen atoms in total. The number of hydrogen-bond acceptors (Lipinski definition) is 3. The van der Waals surface area contributed by atoms with E-state index in [2.05, 4.69) is 95.6 Å². The largest absolute Gasteiger partial charge is 0.519 e. The minimum atomic E-state index is -0.852. The molecule has 2 aromatic rings. The van der Waals surface area contributed by atoms with Crippen molar-refractivity contribution < 1.29 is 14.3 Å². The fourth-order valence-corrected chi connectivity index (χ4v) is 4.93. The Kier molecular flexibility index (Phi) is 6.98. The average molecular weight is 688 g/mol. The van der Waals surface area contributed by atoms with Crippen LogP contribution in [-0.2, 0) is 0 Å². The summed E-state index contributed by atoms with van der Waals surface area (Å²) in [5.41, 5.74) is 0. The summed E-state index contributed by atoms with van der Waals surface area (Å²) < 4.78 is 14.4. The first-order valence-corrected chi connectivity index (χ1v) is 10.2. The van der Waals surface area contributed by atoms with Crippen LogP contribution in [-0.4, -0.2) is 6.16 Å². The Morgan fingerprint density at radius 1 is 0.727 bits per heavy atom. The summed E-state index contributed by atoms with van der Waals surface area (Å²) in [4.78, 5) is 12.0. The minimum Gasteiger partial charge on any atom is -0.394 e. The third-order valence-corrected chi connectivity index (χ3v) is 9.06. The maximum Gasteiger partial charge on any atom is 0.519 e. The Hall–Kier alpha value is 0.590. The third kappa shape index (κ3) is 4.16. The monoisotopic (exact) mass is 682 g/mol. The van der Waals surface area contributed by atoms with Crippen molar-refractivity contribution in [2.45, 2.75) is 0 Å². The first-order chi connectivity index (χ1) is 10.3. The lowest BCUT2D eigenvalue weighted by atomic mass is 10.3. The van der Waals surface area contributed by atoms with Crippen LogP contribution in [0.15, 0.2) is 51.1 Å². The van der Waals surface area contributed by atoms with Crippen LogP contribution in [0.3, 0.4) is 0 Å². The number of para-hydroxylation sites is 1. The van der Waals surface area contributed by atoms with E-state index < -0.39 is 6.16 Å². The zero-order valence-electron chi connectivity index (χ0n) is 10.3. The minimum absolute atomic E-state index is 0.291. The molecule has 0 saturated heterocycles. The Morgan fingerprint density at radius 2 is 1.23 bits per heavy atom. The van der Waals surface area contributed by atoms with Gasteiger partial charge in [-0.15, -0.1) is 0 Å². The van der Waals surface area contributed by atoms with Gasteiger partial charge in [-0.05, 0) is 108 Å². The summed E-state index contributed by atoms with van der Waals surface area (Å²) in [6.45, 7) is 0. The number of rotatable bonds is 2. The van der Waals surface area contributed by atoms with Gasteiger partial charge < -0.3 is 9.47 Å². The molecule has 2 rings (SSSR count). The SMILES string of the molecule is O=C(Oc1ccccc1Br)Oc1c(Br)c(Br)c(Br)c(Br)c1Br. The molecule has 0 aliphatic carbocycles. The van der Waals surface area contributed by atoms with E-state index in [1.807, 2.05) is 6.07 Å². The normalized spacial score (nSPS) is 10.5. The predicted octanol–water partition coefficient (Wildman–Crippen LogP) is 7.84. The van der Waals surface area contributed by atoms with E-state index in [9.17, 15) is 4.79 Å². The Bertz CT molecular complexity index is 718. The van der Waals surface area contributed by atoms with Gasteiger partial charge in [0.05, 0.1) is 22.4 Å². The van der Waals surface area contributed by atoms with Crippen LogP contribution >= 0.6 is 95.6 Å². The number of halogens is 6. The highest BCUT2D eigenvalue weighted by Gasteiger charge is 2.22. The van der Waals surface area contributed by atoms with E-state index in [-0.39, 0.29) is 0 Å². The summed E-state index contributed by atoms with van der Waals surface area (Å²) >= 11 is 20.3. The third-order valence-electron chi connectivity index (χ3n) is 2.38. The molecule has 0 fully saturated rings. The molecule has 0 unspecified atom stereocenters. The molecular formula is C13H4Br6O3. The number of carbonyl (C=O) groups excluding carboxylic acids is 1. The lowest BCUT2D eigenvalue weighted by molar-refractivity contribution is 0.151. The molecule has 0 heterocycles. The fraction of sp³-hybridized carbons (Fsp3) is 0. The lowest BCUT2D eigenvalue weighted by Crippen LogP contribution is -2.15. The molecule has 22 heavy (non-hydrogen) atoms. The van der Waals surface area contributed by atoms with Gasteiger partial charge in [-0.1, -0.05) is 12.1 Å². The highest BCUT2D eigenvalue weighted by molar-refractivity contribution is 9.15. The van der Waals surface area contributed by atoms with E-state index in [0.29, 0.717) is 33.9 Å². The van der Waals surface area contributed by atoms with Crippen molar-refractivity contribution in [3.8, 4) is 11.5 Å². The molecule has 0 aromatic heterocycles. The molecule has 0 radical (unpaired) electrons. The van der Waals surface area contributed by atoms with Gasteiger partial charge in [0.25, 0.3) is 0 Å². The van der Waals surface area contributed by atoms with Crippen molar-refractivity contribution in [1.82, 2.24) is 0 Å². The maximum atomic E-state index is 12.0. The fourth-order valence-electron chi connectivity index (χ4n) is 1.40. The molecule has 0 aliphatic rings. The van der Waals surface area contributed by atoms with E-state index in [1.165, 1.54) is 0 Å². The molecule has 116 valence electrons. The van der Waals surface area contributed by atoms with Crippen molar-refractivity contribution in [3.63, 3.8) is 0 Å². The van der Waals surface area contributed by atoms with Crippen LogP contribution in [0.4, 0.5) is 4.79 Å². The molecule has 9 heteroatoms. The summed E-state index contributed by atoms with van der Waals surface area (Å²) in [5.74, 6) is 0.661. The Labute approximate surface area is 176 Å². The van der Waals surface area contributed by atoms with Gasteiger partial charge in [0.15, 0.2) is 5.75 Å². The second kappa shape index (κ2) is 8.11. The second-order valence-corrected chi connectivity index (χ2v) is 8.60. The Balaban J connectivity index is 2.28. The van der Waals surface area contributed by atoms with Gasteiger partial charge in [0.1, 0.15) is 5.75 Å². The van der Waals surface area contributed by atoms with Gasteiger partial charge in [-0.2, -0.15) is 0 Å². The van der Waals surface area contributed by atoms with E-state index in [4.69, 9.17) is 9.47 Å². The highest BCUT2D eigenvalue weighted by Crippen LogP contribution is 2.48. The average Bonchev–Trinajstić information content (AvgIpc) is 2.50. The molecular weight excluding hydrogens is 684 g/mol. The Morgan fingerprint density at radius 3 is 1.77 bits per heavy atom. The smallest absolute Gasteiger partial charge is 0.394 e. The summed E-state index contributed by atoms with van der Waals surface area (Å²) in [5, 5.41) is 0. The molecule has 0 spiro atoms. The van der Waals surface area contributed by atoms with E-state index in [0.717, 1.165) is 4.47 Å². The topological polar surface area (TPSA) is 35.5 Å². The van der Waals surface area contributed by atoms with Crippen molar-refractivity contribution in [1.29, 1.82) is 0 Å². The van der Waals surface area contributed by atoms with Gasteiger partial charge in [-0.3, -0.25) is 0 Å². The van der Waals surface area contributed by atoms with Crippen molar-refractivity contribution >= 4 is 102 Å². The summed E-state index contributed by atoms with van der Waals surface area (Å²) in [7, 11) is 0. The number of hydrogen-bond donors (Lipinski definition) is 0. The number of carbonyl (C=O) groups is 1. The highest BCUT2D eigenvalue weighted by atomic mass is 79.9. The van der Waals surface area contributed by atoms with Gasteiger partial charge in [-0.25, -0.2) is 4.79 Å². The van der Waals surface area contributed by atoms with Crippen LogP contribution in [0.2, 0.25) is 0 Å². The predicted molar refractivity (Wildman–Crippen MR) is 106 cm³/mol. The molecule has 0 bridgehead atoms. The maximum absolute atomic E-state index is 12.0. The molecule has 0 amide bonds. The molecule has 0 saturated carbocycles. The zero-order chi connectivity index (χ0) is 16.4. The van der Waals surface area contributed by atoms with Gasteiger partial charge >= 0.3 is 6.16 Å². The van der Waals surface area contributed by atoms with Crippen LogP contribution in [0.25, 0.3) is 0 Å². The molecule has 2 aromatic carbocycles. The first kappa shape index (κ1) is 18.9. The standard InChI is InChI=1S/C13H4Br6O3/c14-5-3-1-2-4-6(5)21-13(20)22-12-10(18)8(16)7(15)9(17)11(12)19/h1-4H. The molecule has 0 N–H and O–H groups in total. The van der Waals surface area contributed by atoms with Crippen LogP contribution in [0.1, 0.15) is 0 Å².